The molecule has 10 nitrogen and oxygen atoms in total. The van der Waals surface area contributed by atoms with E-state index in [1.807, 2.05) is 0 Å². The van der Waals surface area contributed by atoms with Crippen molar-refractivity contribution in [2.24, 2.45) is 0 Å². The number of ether oxygens (including phenoxy) is 3. The number of pyridine rings is 1. The summed E-state index contributed by atoms with van der Waals surface area (Å²) < 4.78 is 74.7. The van der Waals surface area contributed by atoms with E-state index in [1.54, 1.807) is 20.8 Å². The number of aliphatic hydroxyl groups is 2. The molecular weight excluding hydrogens is 638 g/mol. The monoisotopic (exact) mass is 677 g/mol. The Bertz CT molecular complexity index is 1620. The van der Waals surface area contributed by atoms with Crippen LogP contribution in [0.1, 0.15) is 69.1 Å². The van der Waals surface area contributed by atoms with E-state index in [4.69, 9.17) is 14.2 Å². The highest BCUT2D eigenvalue weighted by atomic mass is 19.4. The van der Waals surface area contributed by atoms with Crippen LogP contribution in [-0.4, -0.2) is 64.8 Å². The lowest BCUT2D eigenvalue weighted by Gasteiger charge is -2.33. The molecule has 2 aromatic carbocycles. The van der Waals surface area contributed by atoms with Crippen molar-refractivity contribution in [1.82, 2.24) is 15.6 Å². The van der Waals surface area contributed by atoms with Gasteiger partial charge in [0.2, 0.25) is 5.60 Å². The van der Waals surface area contributed by atoms with Crippen LogP contribution in [-0.2, 0) is 15.9 Å². The predicted molar refractivity (Wildman–Crippen MR) is 167 cm³/mol. The molecule has 0 radical (unpaired) electrons. The van der Waals surface area contributed by atoms with Gasteiger partial charge in [-0.3, -0.25) is 4.79 Å². The van der Waals surface area contributed by atoms with Gasteiger partial charge in [0, 0.05) is 11.1 Å². The first kappa shape index (κ1) is 36.4. The van der Waals surface area contributed by atoms with Crippen molar-refractivity contribution in [3.63, 3.8) is 0 Å². The molecule has 4 N–H and O–H groups in total. The Morgan fingerprint density at radius 2 is 1.62 bits per heavy atom. The van der Waals surface area contributed by atoms with Crippen molar-refractivity contribution >= 4 is 12.0 Å². The smallest absolute Gasteiger partial charge is 0.424 e. The van der Waals surface area contributed by atoms with Crippen LogP contribution in [0.15, 0.2) is 54.6 Å². The second-order valence-corrected chi connectivity index (χ2v) is 13.0. The number of amides is 2. The van der Waals surface area contributed by atoms with E-state index in [1.165, 1.54) is 50.2 Å². The lowest BCUT2D eigenvalue weighted by molar-refractivity contribution is -0.265. The molecule has 14 heteroatoms. The van der Waals surface area contributed by atoms with Gasteiger partial charge in [-0.2, -0.15) is 13.2 Å². The van der Waals surface area contributed by atoms with E-state index in [-0.39, 0.29) is 47.5 Å². The van der Waals surface area contributed by atoms with Crippen molar-refractivity contribution < 1.29 is 51.6 Å². The van der Waals surface area contributed by atoms with Crippen molar-refractivity contribution in [3.05, 3.63) is 77.2 Å². The maximum atomic E-state index is 14.8. The van der Waals surface area contributed by atoms with Gasteiger partial charge in [0.1, 0.15) is 18.0 Å². The van der Waals surface area contributed by atoms with Gasteiger partial charge in [-0.05, 0) is 108 Å². The Labute approximate surface area is 275 Å². The third kappa shape index (κ3) is 9.13. The fraction of sp³-hybridized carbons (Fsp3) is 0.441. The zero-order chi connectivity index (χ0) is 35.5. The van der Waals surface area contributed by atoms with Gasteiger partial charge in [-0.25, -0.2) is 14.2 Å². The lowest BCUT2D eigenvalue weighted by atomic mass is 9.88. The van der Waals surface area contributed by atoms with Crippen molar-refractivity contribution in [2.75, 3.05) is 19.8 Å². The van der Waals surface area contributed by atoms with Gasteiger partial charge in [0.05, 0.1) is 36.2 Å². The normalized spacial score (nSPS) is 14.9. The number of rotatable bonds is 12. The topological polar surface area (TPSA) is 139 Å². The molecule has 3 aromatic rings. The van der Waals surface area contributed by atoms with Crippen LogP contribution in [0.3, 0.4) is 0 Å². The van der Waals surface area contributed by atoms with E-state index in [9.17, 15) is 37.4 Å². The van der Waals surface area contributed by atoms with E-state index in [0.29, 0.717) is 5.75 Å². The Hall–Kier alpha value is -4.43. The molecule has 1 aliphatic rings. The highest BCUT2D eigenvalue weighted by Gasteiger charge is 2.56. The van der Waals surface area contributed by atoms with Gasteiger partial charge in [-0.15, -0.1) is 0 Å². The second-order valence-electron chi connectivity index (χ2n) is 13.0. The summed E-state index contributed by atoms with van der Waals surface area (Å²) in [6.07, 6.45) is -4.54. The molecule has 48 heavy (non-hydrogen) atoms. The summed E-state index contributed by atoms with van der Waals surface area (Å²) in [5.74, 6) is -1.13. The average molecular weight is 678 g/mol. The molecule has 0 saturated heterocycles. The number of carbonyl (C=O) groups excluding carboxylic acids is 2. The molecule has 1 atom stereocenters. The molecule has 1 fully saturated rings. The van der Waals surface area contributed by atoms with Crippen LogP contribution in [0, 0.1) is 5.82 Å². The predicted octanol–water partition coefficient (Wildman–Crippen LogP) is 5.74. The minimum absolute atomic E-state index is 0.0182. The number of nitrogens with zero attached hydrogens (tertiary/aromatic N) is 1. The number of aromatic nitrogens is 1. The molecule has 0 bridgehead atoms. The standard InChI is InChI=1S/C34H39F4N3O7/c1-31(2,3)48-30(44)41-32(4,5)22-17-25(20-6-9-23(35)10-7-20)40-28(18-22)33(45,34(36,37)38)19-39-29(43)21-8-13-26(47-24-11-12-24)27(16-21)46-15-14-42/h6-10,13,16-18,24,42,45H,11-12,14-15,19H2,1-5H3,(H,39,43)(H,41,44). The van der Waals surface area contributed by atoms with E-state index < -0.39 is 53.0 Å². The van der Waals surface area contributed by atoms with Crippen LogP contribution in [0.4, 0.5) is 22.4 Å². The summed E-state index contributed by atoms with van der Waals surface area (Å²) in [6, 6.07) is 11.2. The lowest BCUT2D eigenvalue weighted by Crippen LogP contribution is -2.52. The number of benzene rings is 2. The van der Waals surface area contributed by atoms with E-state index in [2.05, 4.69) is 15.6 Å². The number of hydrogen-bond donors (Lipinski definition) is 4. The van der Waals surface area contributed by atoms with Gasteiger partial charge in [0.15, 0.2) is 11.5 Å². The van der Waals surface area contributed by atoms with Crippen molar-refractivity contribution in [2.45, 2.75) is 76.5 Å². The molecule has 2 amide bonds. The summed E-state index contributed by atoms with van der Waals surface area (Å²) in [4.78, 5) is 29.9. The SMILES string of the molecule is CC(C)(C)OC(=O)NC(C)(C)c1cc(-c2ccc(F)cc2)nc(C(O)(CNC(=O)c2ccc(OC3CC3)c(OCCO)c2)C(F)(F)F)c1. The molecular formula is C34H39F4N3O7. The maximum Gasteiger partial charge on any atom is 0.424 e. The molecule has 1 saturated carbocycles. The molecule has 1 unspecified atom stereocenters. The van der Waals surface area contributed by atoms with Crippen molar-refractivity contribution in [3.8, 4) is 22.8 Å². The van der Waals surface area contributed by atoms with Crippen LogP contribution in [0.2, 0.25) is 0 Å². The fourth-order valence-electron chi connectivity index (χ4n) is 4.53. The minimum atomic E-state index is -5.36. The van der Waals surface area contributed by atoms with Crippen LogP contribution in [0.25, 0.3) is 11.3 Å². The van der Waals surface area contributed by atoms with Crippen LogP contribution >= 0.6 is 0 Å². The third-order valence-corrected chi connectivity index (χ3v) is 7.27. The zero-order valence-electron chi connectivity index (χ0n) is 27.2. The number of nitrogens with one attached hydrogen (secondary N) is 2. The molecule has 4 rings (SSSR count). The van der Waals surface area contributed by atoms with Gasteiger partial charge >= 0.3 is 12.3 Å². The largest absolute Gasteiger partial charge is 0.487 e. The van der Waals surface area contributed by atoms with Crippen molar-refractivity contribution in [1.29, 1.82) is 0 Å². The van der Waals surface area contributed by atoms with Crippen LogP contribution in [0.5, 0.6) is 11.5 Å². The summed E-state index contributed by atoms with van der Waals surface area (Å²) in [7, 11) is 0. The molecule has 1 aliphatic carbocycles. The number of alkyl halides is 3. The third-order valence-electron chi connectivity index (χ3n) is 7.27. The quantitative estimate of drug-likeness (QED) is 0.178. The molecule has 1 aromatic heterocycles. The maximum absolute atomic E-state index is 14.8. The fourth-order valence-corrected chi connectivity index (χ4v) is 4.53. The first-order valence-corrected chi connectivity index (χ1v) is 15.2. The minimum Gasteiger partial charge on any atom is -0.487 e. The number of carbonyl (C=O) groups is 2. The molecule has 0 spiro atoms. The molecule has 0 aliphatic heterocycles. The summed E-state index contributed by atoms with van der Waals surface area (Å²) in [5, 5.41) is 25.3. The van der Waals surface area contributed by atoms with Gasteiger partial charge in [0.25, 0.3) is 5.91 Å². The molecule has 260 valence electrons. The number of alkyl carbamates (subject to hydrolysis) is 1. The zero-order valence-corrected chi connectivity index (χ0v) is 27.2. The number of halogens is 4. The Morgan fingerprint density at radius 1 is 0.958 bits per heavy atom. The Balaban J connectivity index is 1.71. The number of aliphatic hydroxyl groups excluding tert-OH is 1. The summed E-state index contributed by atoms with van der Waals surface area (Å²) in [6.45, 7) is 6.19. The highest BCUT2D eigenvalue weighted by Crippen LogP contribution is 2.40. The Morgan fingerprint density at radius 3 is 2.21 bits per heavy atom. The number of hydrogen-bond acceptors (Lipinski definition) is 8. The van der Waals surface area contributed by atoms with Gasteiger partial charge in [-0.1, -0.05) is 0 Å². The highest BCUT2D eigenvalue weighted by molar-refractivity contribution is 5.95. The van der Waals surface area contributed by atoms with Crippen LogP contribution < -0.4 is 20.1 Å². The first-order valence-electron chi connectivity index (χ1n) is 15.2. The summed E-state index contributed by atoms with van der Waals surface area (Å²) >= 11 is 0. The molecule has 1 heterocycles. The van der Waals surface area contributed by atoms with Gasteiger partial charge < -0.3 is 35.1 Å². The second kappa shape index (κ2) is 14.0. The first-order chi connectivity index (χ1) is 22.3. The van der Waals surface area contributed by atoms with E-state index >= 15 is 0 Å². The van der Waals surface area contributed by atoms with E-state index in [0.717, 1.165) is 31.0 Å². The average Bonchev–Trinajstić information content (AvgIpc) is 3.81. The Kier molecular flexibility index (Phi) is 10.6. The summed E-state index contributed by atoms with van der Waals surface area (Å²) in [5.41, 5.74) is -6.66.